The van der Waals surface area contributed by atoms with Crippen molar-refractivity contribution in [1.29, 1.82) is 0 Å². The molecule has 1 heterocycles. The molecular formula is C20H31N3O. The van der Waals surface area contributed by atoms with Gasteiger partial charge in [-0.1, -0.05) is 32.0 Å². The van der Waals surface area contributed by atoms with Gasteiger partial charge < -0.3 is 11.1 Å². The second kappa shape index (κ2) is 7.66. The molecule has 1 aromatic rings. The number of piperidine rings is 1. The van der Waals surface area contributed by atoms with E-state index in [1.807, 2.05) is 0 Å². The molecule has 0 unspecified atom stereocenters. The van der Waals surface area contributed by atoms with Gasteiger partial charge in [0.25, 0.3) is 0 Å². The average molecular weight is 329 g/mol. The fourth-order valence-corrected chi connectivity index (χ4v) is 4.11. The third-order valence-electron chi connectivity index (χ3n) is 5.55. The smallest absolute Gasteiger partial charge is 0.231 e. The van der Waals surface area contributed by atoms with Crippen LogP contribution in [0.1, 0.15) is 68.2 Å². The molecule has 1 aliphatic carbocycles. The van der Waals surface area contributed by atoms with E-state index in [4.69, 9.17) is 5.73 Å². The third kappa shape index (κ3) is 4.17. The molecule has 3 N–H and O–H groups in total. The second-order valence-corrected chi connectivity index (χ2v) is 7.74. The van der Waals surface area contributed by atoms with Crippen LogP contribution in [-0.2, 0) is 11.2 Å². The molecule has 1 atom stereocenters. The quantitative estimate of drug-likeness (QED) is 0.873. The van der Waals surface area contributed by atoms with E-state index >= 15 is 0 Å². The zero-order chi connectivity index (χ0) is 17.1. The molecule has 4 nitrogen and oxygen atoms in total. The summed E-state index contributed by atoms with van der Waals surface area (Å²) in [6.07, 6.45) is 5.91. The number of primary amides is 1. The van der Waals surface area contributed by atoms with Crippen LogP contribution in [0.2, 0.25) is 0 Å². The van der Waals surface area contributed by atoms with E-state index in [1.165, 1.54) is 36.0 Å². The highest BCUT2D eigenvalue weighted by Gasteiger charge is 2.26. The van der Waals surface area contributed by atoms with E-state index in [1.54, 1.807) is 0 Å². The molecule has 0 aromatic heterocycles. The molecule has 1 aromatic carbocycles. The molecule has 4 heteroatoms. The molecule has 0 bridgehead atoms. The van der Waals surface area contributed by atoms with Crippen LogP contribution in [0.4, 0.5) is 0 Å². The molecule has 132 valence electrons. The van der Waals surface area contributed by atoms with Crippen LogP contribution < -0.4 is 11.1 Å². The summed E-state index contributed by atoms with van der Waals surface area (Å²) in [6, 6.07) is 8.11. The Labute approximate surface area is 145 Å². The van der Waals surface area contributed by atoms with Crippen LogP contribution >= 0.6 is 0 Å². The van der Waals surface area contributed by atoms with E-state index in [0.29, 0.717) is 24.5 Å². The molecule has 0 saturated carbocycles. The first kappa shape index (κ1) is 17.4. The normalized spacial score (nSPS) is 22.5. The summed E-state index contributed by atoms with van der Waals surface area (Å²) in [5.41, 5.74) is 9.79. The van der Waals surface area contributed by atoms with Gasteiger partial charge in [0.1, 0.15) is 0 Å². The minimum atomic E-state index is -0.219. The number of hydrogen-bond acceptors (Lipinski definition) is 3. The summed E-state index contributed by atoms with van der Waals surface area (Å²) < 4.78 is 0. The summed E-state index contributed by atoms with van der Waals surface area (Å²) in [4.78, 5) is 13.2. The van der Waals surface area contributed by atoms with Crippen molar-refractivity contribution in [1.82, 2.24) is 10.2 Å². The van der Waals surface area contributed by atoms with Crippen molar-refractivity contribution >= 4 is 5.91 Å². The van der Waals surface area contributed by atoms with Crippen molar-refractivity contribution in [2.45, 2.75) is 64.0 Å². The number of aryl methyl sites for hydroxylation is 1. The van der Waals surface area contributed by atoms with Crippen LogP contribution in [0.25, 0.3) is 0 Å². The maximum absolute atomic E-state index is 11.1. The van der Waals surface area contributed by atoms with Gasteiger partial charge in [0.05, 0.1) is 6.54 Å². The Balaban J connectivity index is 1.63. The highest BCUT2D eigenvalue weighted by Crippen LogP contribution is 2.33. The molecular weight excluding hydrogens is 298 g/mol. The fraction of sp³-hybridized carbons (Fsp3) is 0.650. The standard InChI is InChI=1S/C20H31N3O/c1-14(2)16-7-6-15-4-3-5-19(18(15)12-16)22-17-8-10-23(11-9-17)13-20(21)24/h6-7,12,14,17,19,22H,3-5,8-11,13H2,1-2H3,(H2,21,24)/t19-/m0/s1. The molecule has 1 amide bonds. The summed E-state index contributed by atoms with van der Waals surface area (Å²) in [5.74, 6) is 0.360. The Morgan fingerprint density at radius 2 is 2.04 bits per heavy atom. The van der Waals surface area contributed by atoms with Gasteiger partial charge in [0, 0.05) is 25.2 Å². The van der Waals surface area contributed by atoms with Gasteiger partial charge in [-0.3, -0.25) is 9.69 Å². The predicted octanol–water partition coefficient (Wildman–Crippen LogP) is 2.73. The van der Waals surface area contributed by atoms with Crippen LogP contribution in [0.15, 0.2) is 18.2 Å². The number of amides is 1. The van der Waals surface area contributed by atoms with Crippen LogP contribution in [0.5, 0.6) is 0 Å². The first-order valence-corrected chi connectivity index (χ1v) is 9.42. The highest BCUT2D eigenvalue weighted by atomic mass is 16.1. The van der Waals surface area contributed by atoms with Crippen LogP contribution in [0.3, 0.4) is 0 Å². The first-order valence-electron chi connectivity index (χ1n) is 9.42. The van der Waals surface area contributed by atoms with Gasteiger partial charge in [-0.25, -0.2) is 0 Å². The van der Waals surface area contributed by atoms with Crippen molar-refractivity contribution in [3.05, 3.63) is 34.9 Å². The third-order valence-corrected chi connectivity index (χ3v) is 5.55. The number of nitrogens with one attached hydrogen (secondary N) is 1. The largest absolute Gasteiger partial charge is 0.369 e. The van der Waals surface area contributed by atoms with Gasteiger partial charge in [-0.2, -0.15) is 0 Å². The number of likely N-dealkylation sites (tertiary alicyclic amines) is 1. The lowest BCUT2D eigenvalue weighted by molar-refractivity contribution is -0.119. The van der Waals surface area contributed by atoms with Gasteiger partial charge in [0.2, 0.25) is 5.91 Å². The summed E-state index contributed by atoms with van der Waals surface area (Å²) in [6.45, 7) is 6.86. The van der Waals surface area contributed by atoms with Gasteiger partial charge in [0.15, 0.2) is 0 Å². The summed E-state index contributed by atoms with van der Waals surface area (Å²) in [7, 11) is 0. The topological polar surface area (TPSA) is 58.4 Å². The lowest BCUT2D eigenvalue weighted by atomic mass is 9.84. The van der Waals surface area contributed by atoms with E-state index in [-0.39, 0.29) is 5.91 Å². The number of fused-ring (bicyclic) bond motifs is 1. The minimum Gasteiger partial charge on any atom is -0.369 e. The number of carbonyl (C=O) groups is 1. The fourth-order valence-electron chi connectivity index (χ4n) is 4.11. The van der Waals surface area contributed by atoms with E-state index in [9.17, 15) is 4.79 Å². The zero-order valence-corrected chi connectivity index (χ0v) is 15.1. The average Bonchev–Trinajstić information content (AvgIpc) is 2.56. The maximum atomic E-state index is 11.1. The Hall–Kier alpha value is -1.39. The molecule has 0 spiro atoms. The van der Waals surface area contributed by atoms with Gasteiger partial charge >= 0.3 is 0 Å². The Kier molecular flexibility index (Phi) is 5.57. The molecule has 3 rings (SSSR count). The molecule has 0 radical (unpaired) electrons. The predicted molar refractivity (Wildman–Crippen MR) is 98.0 cm³/mol. The molecule has 1 saturated heterocycles. The Morgan fingerprint density at radius 3 is 2.71 bits per heavy atom. The zero-order valence-electron chi connectivity index (χ0n) is 15.1. The van der Waals surface area contributed by atoms with Crippen molar-refractivity contribution in [2.75, 3.05) is 19.6 Å². The molecule has 1 aliphatic heterocycles. The lowest BCUT2D eigenvalue weighted by Crippen LogP contribution is -2.46. The number of benzene rings is 1. The van der Waals surface area contributed by atoms with E-state index in [0.717, 1.165) is 25.9 Å². The summed E-state index contributed by atoms with van der Waals surface area (Å²) >= 11 is 0. The second-order valence-electron chi connectivity index (χ2n) is 7.74. The molecule has 24 heavy (non-hydrogen) atoms. The van der Waals surface area contributed by atoms with Crippen molar-refractivity contribution < 1.29 is 4.79 Å². The molecule has 1 fully saturated rings. The highest BCUT2D eigenvalue weighted by molar-refractivity contribution is 5.75. The monoisotopic (exact) mass is 329 g/mol. The van der Waals surface area contributed by atoms with Crippen LogP contribution in [0, 0.1) is 0 Å². The minimum absolute atomic E-state index is 0.219. The number of carbonyl (C=O) groups excluding carboxylic acids is 1. The van der Waals surface area contributed by atoms with Crippen molar-refractivity contribution in [3.8, 4) is 0 Å². The van der Waals surface area contributed by atoms with Crippen LogP contribution in [-0.4, -0.2) is 36.5 Å². The molecule has 2 aliphatic rings. The number of hydrogen-bond donors (Lipinski definition) is 2. The van der Waals surface area contributed by atoms with Crippen molar-refractivity contribution in [3.63, 3.8) is 0 Å². The number of nitrogens with zero attached hydrogens (tertiary/aromatic N) is 1. The lowest BCUT2D eigenvalue weighted by Gasteiger charge is -2.36. The number of nitrogens with two attached hydrogens (primary N) is 1. The van der Waals surface area contributed by atoms with E-state index in [2.05, 4.69) is 42.3 Å². The SMILES string of the molecule is CC(C)c1ccc2c(c1)[C@@H](NC1CCN(CC(N)=O)CC1)CCC2. The first-order chi connectivity index (χ1) is 11.5. The summed E-state index contributed by atoms with van der Waals surface area (Å²) in [5, 5.41) is 3.91. The van der Waals surface area contributed by atoms with Gasteiger partial charge in [-0.05, 0) is 54.7 Å². The Morgan fingerprint density at radius 1 is 1.29 bits per heavy atom. The van der Waals surface area contributed by atoms with E-state index < -0.39 is 0 Å². The van der Waals surface area contributed by atoms with Gasteiger partial charge in [-0.15, -0.1) is 0 Å². The Bertz CT molecular complexity index is 576. The maximum Gasteiger partial charge on any atom is 0.231 e. The number of rotatable bonds is 5. The van der Waals surface area contributed by atoms with Crippen molar-refractivity contribution in [2.24, 2.45) is 5.73 Å².